The molecule has 2 aliphatic heterocycles. The molecule has 0 aromatic heterocycles. The van der Waals surface area contributed by atoms with Crippen LogP contribution in [0.25, 0.3) is 0 Å². The lowest BCUT2D eigenvalue weighted by Crippen LogP contribution is -2.50. The summed E-state index contributed by atoms with van der Waals surface area (Å²) in [6, 6.07) is 17.6. The SMILES string of the molecule is O=C(Nc1ccc(N2CCCCC2=O)cc1)[C@@H]1Cc2ccccc2CN1C(=O)c1ccc(C(F)(F)F)cc1. The molecule has 0 aliphatic carbocycles. The van der Waals surface area contributed by atoms with Gasteiger partial charge in [0.2, 0.25) is 11.8 Å². The topological polar surface area (TPSA) is 69.7 Å². The van der Waals surface area contributed by atoms with Crippen LogP contribution in [0.1, 0.15) is 46.3 Å². The highest BCUT2D eigenvalue weighted by Crippen LogP contribution is 2.31. The van der Waals surface area contributed by atoms with Crippen molar-refractivity contribution in [1.29, 1.82) is 0 Å². The van der Waals surface area contributed by atoms with E-state index in [1.807, 2.05) is 24.3 Å². The molecule has 3 aromatic rings. The Bertz CT molecular complexity index is 1350. The van der Waals surface area contributed by atoms with Gasteiger partial charge < -0.3 is 15.1 Å². The Kier molecular flexibility index (Phi) is 6.93. The van der Waals surface area contributed by atoms with Gasteiger partial charge in [0.15, 0.2) is 0 Å². The zero-order valence-electron chi connectivity index (χ0n) is 20.5. The van der Waals surface area contributed by atoms with Crippen LogP contribution in [-0.4, -0.2) is 35.2 Å². The van der Waals surface area contributed by atoms with Crippen molar-refractivity contribution in [3.05, 3.63) is 95.1 Å². The maximum atomic E-state index is 13.4. The van der Waals surface area contributed by atoms with Crippen molar-refractivity contribution in [3.8, 4) is 0 Å². The largest absolute Gasteiger partial charge is 0.416 e. The quantitative estimate of drug-likeness (QED) is 0.498. The fourth-order valence-electron chi connectivity index (χ4n) is 4.97. The minimum atomic E-state index is -4.51. The van der Waals surface area contributed by atoms with Crippen molar-refractivity contribution in [2.75, 3.05) is 16.8 Å². The van der Waals surface area contributed by atoms with Gasteiger partial charge in [0.25, 0.3) is 5.91 Å². The van der Waals surface area contributed by atoms with E-state index in [0.717, 1.165) is 53.9 Å². The number of nitrogens with one attached hydrogen (secondary N) is 1. The molecule has 3 aromatic carbocycles. The summed E-state index contributed by atoms with van der Waals surface area (Å²) in [7, 11) is 0. The van der Waals surface area contributed by atoms with Crippen molar-refractivity contribution >= 4 is 29.1 Å². The second-order valence-corrected chi connectivity index (χ2v) is 9.54. The van der Waals surface area contributed by atoms with Crippen molar-refractivity contribution < 1.29 is 27.6 Å². The van der Waals surface area contributed by atoms with Crippen molar-refractivity contribution in [1.82, 2.24) is 4.90 Å². The Morgan fingerprint density at radius 3 is 2.21 bits per heavy atom. The predicted molar refractivity (Wildman–Crippen MR) is 137 cm³/mol. The van der Waals surface area contributed by atoms with Crippen molar-refractivity contribution in [2.45, 2.75) is 44.4 Å². The minimum absolute atomic E-state index is 0.0748. The third-order valence-corrected chi connectivity index (χ3v) is 7.04. The summed E-state index contributed by atoms with van der Waals surface area (Å²) in [5.74, 6) is -0.847. The van der Waals surface area contributed by atoms with Crippen LogP contribution in [-0.2, 0) is 28.7 Å². The number of alkyl halides is 3. The van der Waals surface area contributed by atoms with Crippen LogP contribution in [0.15, 0.2) is 72.8 Å². The highest BCUT2D eigenvalue weighted by molar-refractivity contribution is 6.02. The molecule has 1 saturated heterocycles. The molecular weight excluding hydrogens is 495 g/mol. The number of benzene rings is 3. The average molecular weight is 522 g/mol. The predicted octanol–water partition coefficient (Wildman–Crippen LogP) is 5.43. The van der Waals surface area contributed by atoms with Gasteiger partial charge in [-0.25, -0.2) is 0 Å². The number of halogens is 3. The van der Waals surface area contributed by atoms with Gasteiger partial charge in [-0.2, -0.15) is 13.2 Å². The van der Waals surface area contributed by atoms with Gasteiger partial charge in [-0.1, -0.05) is 24.3 Å². The molecule has 38 heavy (non-hydrogen) atoms. The third kappa shape index (κ3) is 5.27. The monoisotopic (exact) mass is 521 g/mol. The van der Waals surface area contributed by atoms with Crippen molar-refractivity contribution in [2.24, 2.45) is 0 Å². The summed E-state index contributed by atoms with van der Waals surface area (Å²) in [6.45, 7) is 0.817. The van der Waals surface area contributed by atoms with Gasteiger partial charge in [0.05, 0.1) is 5.56 Å². The highest BCUT2D eigenvalue weighted by atomic mass is 19.4. The van der Waals surface area contributed by atoms with Crippen LogP contribution >= 0.6 is 0 Å². The van der Waals surface area contributed by atoms with E-state index in [1.54, 1.807) is 29.2 Å². The molecule has 2 aliphatic rings. The van der Waals surface area contributed by atoms with Gasteiger partial charge in [-0.05, 0) is 72.5 Å². The zero-order chi connectivity index (χ0) is 26.9. The molecule has 9 heteroatoms. The molecule has 5 rings (SSSR count). The number of nitrogens with zero attached hydrogens (tertiary/aromatic N) is 2. The average Bonchev–Trinajstić information content (AvgIpc) is 2.92. The van der Waals surface area contributed by atoms with Gasteiger partial charge in [-0.3, -0.25) is 14.4 Å². The minimum Gasteiger partial charge on any atom is -0.324 e. The molecule has 3 amide bonds. The molecule has 6 nitrogen and oxygen atoms in total. The number of carbonyl (C=O) groups is 3. The molecule has 0 bridgehead atoms. The first-order valence-electron chi connectivity index (χ1n) is 12.5. The number of amides is 3. The third-order valence-electron chi connectivity index (χ3n) is 7.04. The van der Waals surface area contributed by atoms with Crippen LogP contribution in [0.2, 0.25) is 0 Å². The maximum absolute atomic E-state index is 13.4. The summed E-state index contributed by atoms with van der Waals surface area (Å²) in [5.41, 5.74) is 2.32. The first-order chi connectivity index (χ1) is 18.2. The fraction of sp³-hybridized carbons (Fsp3) is 0.276. The van der Waals surface area contributed by atoms with E-state index in [4.69, 9.17) is 0 Å². The van der Waals surface area contributed by atoms with E-state index in [-0.39, 0.29) is 24.4 Å². The van der Waals surface area contributed by atoms with E-state index in [9.17, 15) is 27.6 Å². The zero-order valence-corrected chi connectivity index (χ0v) is 20.5. The summed E-state index contributed by atoms with van der Waals surface area (Å²) in [6.07, 6.45) is -1.89. The summed E-state index contributed by atoms with van der Waals surface area (Å²) in [5, 5.41) is 2.86. The van der Waals surface area contributed by atoms with E-state index in [0.29, 0.717) is 18.7 Å². The Hall–Kier alpha value is -4.14. The number of anilines is 2. The molecule has 0 saturated carbocycles. The summed E-state index contributed by atoms with van der Waals surface area (Å²) >= 11 is 0. The first kappa shape index (κ1) is 25.5. The Balaban J connectivity index is 1.36. The number of carbonyl (C=O) groups excluding carboxylic acids is 3. The molecule has 0 unspecified atom stereocenters. The second kappa shape index (κ2) is 10.3. The molecule has 0 spiro atoms. The van der Waals surface area contributed by atoms with Crippen LogP contribution in [0.3, 0.4) is 0 Å². The highest BCUT2D eigenvalue weighted by Gasteiger charge is 2.36. The standard InChI is InChI=1S/C29H26F3N3O3/c30-29(31,32)22-10-8-19(9-11-22)28(38)35-18-21-6-2-1-5-20(21)17-25(35)27(37)33-23-12-14-24(15-13-23)34-16-4-3-7-26(34)36/h1-2,5-6,8-15,25H,3-4,7,16-18H2,(H,33,37)/t25-/m0/s1. The van der Waals surface area contributed by atoms with E-state index >= 15 is 0 Å². The fourth-order valence-corrected chi connectivity index (χ4v) is 4.97. The van der Waals surface area contributed by atoms with Gasteiger partial charge in [0, 0.05) is 42.9 Å². The molecule has 1 fully saturated rings. The first-order valence-corrected chi connectivity index (χ1v) is 12.5. The lowest BCUT2D eigenvalue weighted by atomic mass is 9.92. The van der Waals surface area contributed by atoms with Gasteiger partial charge in [-0.15, -0.1) is 0 Å². The Morgan fingerprint density at radius 2 is 1.55 bits per heavy atom. The number of fused-ring (bicyclic) bond motifs is 1. The van der Waals surface area contributed by atoms with Crippen LogP contribution < -0.4 is 10.2 Å². The Labute approximate surface area is 218 Å². The lowest BCUT2D eigenvalue weighted by Gasteiger charge is -2.36. The van der Waals surface area contributed by atoms with Gasteiger partial charge >= 0.3 is 6.18 Å². The van der Waals surface area contributed by atoms with E-state index < -0.39 is 29.6 Å². The number of hydrogen-bond acceptors (Lipinski definition) is 3. The Morgan fingerprint density at radius 1 is 0.868 bits per heavy atom. The summed E-state index contributed by atoms with van der Waals surface area (Å²) < 4.78 is 39.0. The summed E-state index contributed by atoms with van der Waals surface area (Å²) in [4.78, 5) is 42.2. The van der Waals surface area contributed by atoms with Crippen molar-refractivity contribution in [3.63, 3.8) is 0 Å². The number of rotatable bonds is 4. The molecule has 1 atom stereocenters. The molecule has 2 heterocycles. The van der Waals surface area contributed by atoms with Crippen LogP contribution in [0.4, 0.5) is 24.5 Å². The smallest absolute Gasteiger partial charge is 0.324 e. The van der Waals surface area contributed by atoms with E-state index in [1.165, 1.54) is 4.90 Å². The van der Waals surface area contributed by atoms with E-state index in [2.05, 4.69) is 5.32 Å². The van der Waals surface area contributed by atoms with Crippen LogP contribution in [0, 0.1) is 0 Å². The molecule has 1 N–H and O–H groups in total. The maximum Gasteiger partial charge on any atom is 0.416 e. The molecule has 196 valence electrons. The normalized spacial score (nSPS) is 17.7. The molecule has 0 radical (unpaired) electrons. The van der Waals surface area contributed by atoms with Gasteiger partial charge in [0.1, 0.15) is 6.04 Å². The second-order valence-electron chi connectivity index (χ2n) is 9.54. The lowest BCUT2D eigenvalue weighted by molar-refractivity contribution is -0.137. The van der Waals surface area contributed by atoms with Crippen LogP contribution in [0.5, 0.6) is 0 Å². The number of piperidine rings is 1. The molecular formula is C29H26F3N3O3. The number of hydrogen-bond donors (Lipinski definition) is 1.